The average molecular weight is 266 g/mol. The van der Waals surface area contributed by atoms with Gasteiger partial charge in [-0.25, -0.2) is 0 Å². The quantitative estimate of drug-likeness (QED) is 0.767. The first-order valence-corrected chi connectivity index (χ1v) is 6.72. The van der Waals surface area contributed by atoms with Gasteiger partial charge in [-0.15, -0.1) is 0 Å². The lowest BCUT2D eigenvalue weighted by Crippen LogP contribution is -2.33. The third-order valence-electron chi connectivity index (χ3n) is 2.28. The summed E-state index contributed by atoms with van der Waals surface area (Å²) in [5.74, 6) is 1.38. The summed E-state index contributed by atoms with van der Waals surface area (Å²) in [5.41, 5.74) is 0. The Kier molecular flexibility index (Phi) is 6.51. The highest BCUT2D eigenvalue weighted by Crippen LogP contribution is 2.18. The van der Waals surface area contributed by atoms with Crippen LogP contribution >= 0.6 is 0 Å². The first-order chi connectivity index (χ1) is 7.69. The second-order valence-electron chi connectivity index (χ2n) is 4.13. The van der Waals surface area contributed by atoms with Crippen molar-refractivity contribution >= 4 is 10.4 Å². The molecule has 0 aromatic rings. The maximum absolute atomic E-state index is 9.33. The van der Waals surface area contributed by atoms with Gasteiger partial charge in [-0.1, -0.05) is 0 Å². The van der Waals surface area contributed by atoms with E-state index in [1.807, 2.05) is 0 Å². The molecule has 0 fully saturated rings. The van der Waals surface area contributed by atoms with Crippen molar-refractivity contribution in [2.45, 2.75) is 26.3 Å². The van der Waals surface area contributed by atoms with E-state index in [0.717, 1.165) is 7.11 Å². The normalized spacial score (nSPS) is 15.5. The van der Waals surface area contributed by atoms with Gasteiger partial charge in [0.2, 0.25) is 0 Å². The summed E-state index contributed by atoms with van der Waals surface area (Å²) in [6, 6.07) is 0.631. The Bertz CT molecular complexity index is 349. The SMILES string of the molecule is CC(C)N1CCC=C1N(C)C.COS(=O)(=O)O. The van der Waals surface area contributed by atoms with E-state index in [1.54, 1.807) is 0 Å². The molecule has 0 spiro atoms. The van der Waals surface area contributed by atoms with Crippen LogP contribution in [0.25, 0.3) is 0 Å². The van der Waals surface area contributed by atoms with Gasteiger partial charge in [0.05, 0.1) is 12.9 Å². The molecule has 0 aromatic heterocycles. The van der Waals surface area contributed by atoms with Crippen LogP contribution in [0.3, 0.4) is 0 Å². The highest BCUT2D eigenvalue weighted by Gasteiger charge is 2.18. The second-order valence-corrected chi connectivity index (χ2v) is 5.32. The molecule has 0 amide bonds. The van der Waals surface area contributed by atoms with Crippen LogP contribution in [-0.4, -0.2) is 56.6 Å². The van der Waals surface area contributed by atoms with Crippen molar-refractivity contribution in [2.75, 3.05) is 27.7 Å². The molecule has 102 valence electrons. The molecule has 6 nitrogen and oxygen atoms in total. The van der Waals surface area contributed by atoms with Crippen molar-refractivity contribution in [1.82, 2.24) is 9.80 Å². The molecule has 1 aliphatic rings. The minimum Gasteiger partial charge on any atom is -0.365 e. The van der Waals surface area contributed by atoms with Crippen molar-refractivity contribution in [3.05, 3.63) is 11.9 Å². The van der Waals surface area contributed by atoms with E-state index in [1.165, 1.54) is 18.8 Å². The van der Waals surface area contributed by atoms with Crippen molar-refractivity contribution in [2.24, 2.45) is 0 Å². The lowest BCUT2D eigenvalue weighted by atomic mass is 10.3. The Hall–Kier alpha value is -0.790. The highest BCUT2D eigenvalue weighted by molar-refractivity contribution is 7.80. The number of nitrogens with zero attached hydrogens (tertiary/aromatic N) is 2. The molecule has 7 heteroatoms. The molecule has 1 aliphatic heterocycles. The molecule has 0 aromatic carbocycles. The minimum atomic E-state index is -4.16. The number of hydrogen-bond acceptors (Lipinski definition) is 5. The van der Waals surface area contributed by atoms with Crippen molar-refractivity contribution in [1.29, 1.82) is 0 Å². The molecule has 0 radical (unpaired) electrons. The van der Waals surface area contributed by atoms with Gasteiger partial charge in [0, 0.05) is 26.7 Å². The summed E-state index contributed by atoms with van der Waals surface area (Å²) < 4.78 is 29.7. The van der Waals surface area contributed by atoms with E-state index in [2.05, 4.69) is 48.0 Å². The fourth-order valence-electron chi connectivity index (χ4n) is 1.53. The van der Waals surface area contributed by atoms with Gasteiger partial charge in [-0.2, -0.15) is 8.42 Å². The van der Waals surface area contributed by atoms with E-state index < -0.39 is 10.4 Å². The third kappa shape index (κ3) is 6.50. The summed E-state index contributed by atoms with van der Waals surface area (Å²) in [5, 5.41) is 0. The van der Waals surface area contributed by atoms with Crippen LogP contribution in [0.1, 0.15) is 20.3 Å². The molecule has 1 N–H and O–H groups in total. The molecule has 17 heavy (non-hydrogen) atoms. The van der Waals surface area contributed by atoms with E-state index in [4.69, 9.17) is 4.55 Å². The lowest BCUT2D eigenvalue weighted by Gasteiger charge is -2.30. The monoisotopic (exact) mass is 266 g/mol. The Morgan fingerprint density at radius 2 is 1.94 bits per heavy atom. The zero-order valence-electron chi connectivity index (χ0n) is 11.0. The van der Waals surface area contributed by atoms with Gasteiger partial charge in [0.15, 0.2) is 0 Å². The van der Waals surface area contributed by atoms with Crippen LogP contribution in [-0.2, 0) is 14.6 Å². The summed E-state index contributed by atoms with van der Waals surface area (Å²) in [7, 11) is 0.916. The zero-order valence-corrected chi connectivity index (χ0v) is 11.9. The first-order valence-electron chi connectivity index (χ1n) is 5.36. The van der Waals surface area contributed by atoms with E-state index in [-0.39, 0.29) is 0 Å². The van der Waals surface area contributed by atoms with Crippen molar-refractivity contribution in [3.63, 3.8) is 0 Å². The van der Waals surface area contributed by atoms with E-state index in [9.17, 15) is 8.42 Å². The maximum atomic E-state index is 9.33. The van der Waals surface area contributed by atoms with Gasteiger partial charge in [0.1, 0.15) is 0 Å². The van der Waals surface area contributed by atoms with Crippen molar-refractivity contribution in [3.8, 4) is 0 Å². The standard InChI is InChI=1S/C9H18N2.CH4O4S/c1-8(2)11-7-5-6-9(11)10(3)4;1-5-6(2,3)4/h6,8H,5,7H2,1-4H3;1H3,(H,2,3,4). The smallest absolute Gasteiger partial charge is 0.365 e. The molecule has 0 unspecified atom stereocenters. The molecule has 0 bridgehead atoms. The van der Waals surface area contributed by atoms with Gasteiger partial charge >= 0.3 is 10.4 Å². The molecule has 0 saturated heterocycles. The van der Waals surface area contributed by atoms with Crippen LogP contribution in [0, 0.1) is 0 Å². The van der Waals surface area contributed by atoms with Crippen molar-refractivity contribution < 1.29 is 17.2 Å². The fourth-order valence-corrected chi connectivity index (χ4v) is 1.53. The summed E-state index contributed by atoms with van der Waals surface area (Å²) in [4.78, 5) is 4.62. The number of hydrogen-bond donors (Lipinski definition) is 1. The van der Waals surface area contributed by atoms with Crippen LogP contribution < -0.4 is 0 Å². The Morgan fingerprint density at radius 3 is 2.18 bits per heavy atom. The second kappa shape index (κ2) is 6.83. The summed E-state index contributed by atoms with van der Waals surface area (Å²) >= 11 is 0. The van der Waals surface area contributed by atoms with Gasteiger partial charge in [-0.05, 0) is 26.3 Å². The van der Waals surface area contributed by atoms with E-state index >= 15 is 0 Å². The molecule has 0 aliphatic carbocycles. The van der Waals surface area contributed by atoms with Gasteiger partial charge in [0.25, 0.3) is 0 Å². The largest absolute Gasteiger partial charge is 0.397 e. The molecular weight excluding hydrogens is 244 g/mol. The van der Waals surface area contributed by atoms with Crippen LogP contribution in [0.5, 0.6) is 0 Å². The Balaban J connectivity index is 0.000000366. The molecule has 1 rings (SSSR count). The van der Waals surface area contributed by atoms with Gasteiger partial charge in [-0.3, -0.25) is 8.74 Å². The molecule has 0 saturated carbocycles. The lowest BCUT2D eigenvalue weighted by molar-refractivity contribution is 0.239. The fraction of sp³-hybridized carbons (Fsp3) is 0.800. The minimum absolute atomic E-state index is 0.631. The average Bonchev–Trinajstić information content (AvgIpc) is 2.65. The Labute approximate surface area is 104 Å². The molecule has 0 atom stereocenters. The summed E-state index contributed by atoms with van der Waals surface area (Å²) in [6.45, 7) is 5.66. The highest BCUT2D eigenvalue weighted by atomic mass is 32.3. The van der Waals surface area contributed by atoms with Crippen LogP contribution in [0.15, 0.2) is 11.9 Å². The summed E-state index contributed by atoms with van der Waals surface area (Å²) in [6.07, 6.45) is 3.51. The number of rotatable bonds is 3. The topological polar surface area (TPSA) is 70.1 Å². The van der Waals surface area contributed by atoms with Crippen LogP contribution in [0.4, 0.5) is 0 Å². The van der Waals surface area contributed by atoms with Crippen LogP contribution in [0.2, 0.25) is 0 Å². The molecular formula is C10H22N2O4S. The zero-order chi connectivity index (χ0) is 13.6. The predicted octanol–water partition coefficient (Wildman–Crippen LogP) is 0.939. The molecule has 1 heterocycles. The van der Waals surface area contributed by atoms with Gasteiger partial charge < -0.3 is 9.80 Å². The first kappa shape index (κ1) is 16.2. The third-order valence-corrected chi connectivity index (χ3v) is 2.70. The van der Waals surface area contributed by atoms with E-state index in [0.29, 0.717) is 6.04 Å². The maximum Gasteiger partial charge on any atom is 0.397 e. The Morgan fingerprint density at radius 1 is 1.47 bits per heavy atom. The predicted molar refractivity (Wildman–Crippen MR) is 66.8 cm³/mol.